The highest BCUT2D eigenvalue weighted by Crippen LogP contribution is 2.27. The first-order chi connectivity index (χ1) is 10.1. The third-order valence-electron chi connectivity index (χ3n) is 3.95. The maximum Gasteiger partial charge on any atom is 0.257 e. The van der Waals surface area contributed by atoms with Crippen LogP contribution in [-0.4, -0.2) is 12.5 Å². The second kappa shape index (κ2) is 5.60. The highest BCUT2D eigenvalue weighted by molar-refractivity contribution is 6.08. The lowest BCUT2D eigenvalue weighted by Gasteiger charge is -2.21. The predicted octanol–water partition coefficient (Wildman–Crippen LogP) is 3.91. The maximum atomic E-state index is 12.6. The molecule has 1 heterocycles. The van der Waals surface area contributed by atoms with Gasteiger partial charge in [0.1, 0.15) is 0 Å². The normalized spacial score (nSPS) is 13.2. The lowest BCUT2D eigenvalue weighted by atomic mass is 9.99. The smallest absolute Gasteiger partial charge is 0.257 e. The molecule has 2 N–H and O–H groups in total. The van der Waals surface area contributed by atoms with Crippen LogP contribution >= 0.6 is 0 Å². The van der Waals surface area contributed by atoms with Gasteiger partial charge in [-0.05, 0) is 49.9 Å². The summed E-state index contributed by atoms with van der Waals surface area (Å²) in [6.45, 7) is 5.00. The molecule has 0 bridgehead atoms. The molecule has 21 heavy (non-hydrogen) atoms. The van der Waals surface area contributed by atoms with Crippen LogP contribution in [0.2, 0.25) is 0 Å². The van der Waals surface area contributed by atoms with Gasteiger partial charge in [-0.2, -0.15) is 0 Å². The number of anilines is 2. The number of para-hydroxylation sites is 1. The first-order valence-electron chi connectivity index (χ1n) is 7.39. The van der Waals surface area contributed by atoms with Crippen molar-refractivity contribution in [3.8, 4) is 0 Å². The van der Waals surface area contributed by atoms with Gasteiger partial charge in [0.25, 0.3) is 5.91 Å². The van der Waals surface area contributed by atoms with Crippen molar-refractivity contribution in [3.05, 3.63) is 58.7 Å². The molecule has 0 saturated heterocycles. The van der Waals surface area contributed by atoms with Gasteiger partial charge in [0.05, 0.1) is 11.3 Å². The molecule has 1 amide bonds. The summed E-state index contributed by atoms with van der Waals surface area (Å²) >= 11 is 0. The number of aryl methyl sites for hydroxylation is 3. The van der Waals surface area contributed by atoms with Gasteiger partial charge in [-0.25, -0.2) is 0 Å². The first kappa shape index (κ1) is 13.7. The second-order valence-corrected chi connectivity index (χ2v) is 5.64. The Hall–Kier alpha value is -2.29. The van der Waals surface area contributed by atoms with E-state index in [1.807, 2.05) is 31.2 Å². The van der Waals surface area contributed by atoms with Crippen LogP contribution in [-0.2, 0) is 6.42 Å². The van der Waals surface area contributed by atoms with Gasteiger partial charge in [0, 0.05) is 12.2 Å². The van der Waals surface area contributed by atoms with E-state index >= 15 is 0 Å². The predicted molar refractivity (Wildman–Crippen MR) is 87.1 cm³/mol. The Morgan fingerprint density at radius 3 is 2.86 bits per heavy atom. The zero-order chi connectivity index (χ0) is 14.8. The van der Waals surface area contributed by atoms with Crippen molar-refractivity contribution in [2.24, 2.45) is 0 Å². The SMILES string of the molecule is Cc1ccc(NC(=O)c2cccc3c2NCCC3)c(C)c1. The molecule has 1 aliphatic heterocycles. The highest BCUT2D eigenvalue weighted by atomic mass is 16.1. The molecule has 0 aromatic heterocycles. The van der Waals surface area contributed by atoms with Gasteiger partial charge < -0.3 is 10.6 Å². The fourth-order valence-corrected chi connectivity index (χ4v) is 2.84. The maximum absolute atomic E-state index is 12.6. The molecule has 3 nitrogen and oxygen atoms in total. The van der Waals surface area contributed by atoms with E-state index in [9.17, 15) is 4.79 Å². The van der Waals surface area contributed by atoms with E-state index in [4.69, 9.17) is 0 Å². The zero-order valence-electron chi connectivity index (χ0n) is 12.5. The molecule has 2 aromatic rings. The summed E-state index contributed by atoms with van der Waals surface area (Å²) in [4.78, 5) is 12.6. The van der Waals surface area contributed by atoms with Crippen LogP contribution in [0.5, 0.6) is 0 Å². The van der Waals surface area contributed by atoms with Crippen molar-refractivity contribution >= 4 is 17.3 Å². The van der Waals surface area contributed by atoms with E-state index in [1.165, 1.54) is 11.1 Å². The van der Waals surface area contributed by atoms with Gasteiger partial charge in [0.2, 0.25) is 0 Å². The van der Waals surface area contributed by atoms with Crippen molar-refractivity contribution in [2.45, 2.75) is 26.7 Å². The van der Waals surface area contributed by atoms with Crippen molar-refractivity contribution in [1.82, 2.24) is 0 Å². The lowest BCUT2D eigenvalue weighted by molar-refractivity contribution is 0.102. The summed E-state index contributed by atoms with van der Waals surface area (Å²) < 4.78 is 0. The van der Waals surface area contributed by atoms with Gasteiger partial charge >= 0.3 is 0 Å². The van der Waals surface area contributed by atoms with Crippen molar-refractivity contribution in [3.63, 3.8) is 0 Å². The van der Waals surface area contributed by atoms with E-state index in [1.54, 1.807) is 0 Å². The van der Waals surface area contributed by atoms with Gasteiger partial charge in [-0.15, -0.1) is 0 Å². The van der Waals surface area contributed by atoms with Crippen molar-refractivity contribution in [1.29, 1.82) is 0 Å². The number of carbonyl (C=O) groups is 1. The first-order valence-corrected chi connectivity index (χ1v) is 7.39. The summed E-state index contributed by atoms with van der Waals surface area (Å²) in [5, 5.41) is 6.39. The number of amides is 1. The molecule has 1 aliphatic rings. The monoisotopic (exact) mass is 280 g/mol. The lowest BCUT2D eigenvalue weighted by Crippen LogP contribution is -2.19. The van der Waals surface area contributed by atoms with E-state index in [2.05, 4.69) is 29.7 Å². The zero-order valence-corrected chi connectivity index (χ0v) is 12.5. The minimum Gasteiger partial charge on any atom is -0.384 e. The summed E-state index contributed by atoms with van der Waals surface area (Å²) in [5.41, 5.74) is 6.11. The molecule has 0 spiro atoms. The molecule has 0 atom stereocenters. The van der Waals surface area contributed by atoms with Crippen LogP contribution in [0, 0.1) is 13.8 Å². The topological polar surface area (TPSA) is 41.1 Å². The minimum absolute atomic E-state index is 0.0480. The van der Waals surface area contributed by atoms with Gasteiger partial charge in [0.15, 0.2) is 0 Å². The third-order valence-corrected chi connectivity index (χ3v) is 3.95. The molecule has 108 valence electrons. The molecule has 3 heteroatoms. The molecular formula is C18H20N2O. The quantitative estimate of drug-likeness (QED) is 0.875. The van der Waals surface area contributed by atoms with Crippen LogP contribution in [0.3, 0.4) is 0 Å². The Balaban J connectivity index is 1.89. The Labute approximate surface area is 125 Å². The molecule has 0 unspecified atom stereocenters. The number of hydrogen-bond acceptors (Lipinski definition) is 2. The van der Waals surface area contributed by atoms with Gasteiger partial charge in [-0.1, -0.05) is 29.8 Å². The van der Waals surface area contributed by atoms with E-state index in [-0.39, 0.29) is 5.91 Å². The van der Waals surface area contributed by atoms with Crippen LogP contribution in [0.25, 0.3) is 0 Å². The fourth-order valence-electron chi connectivity index (χ4n) is 2.84. The number of nitrogens with one attached hydrogen (secondary N) is 2. The van der Waals surface area contributed by atoms with E-state index < -0.39 is 0 Å². The summed E-state index contributed by atoms with van der Waals surface area (Å²) in [7, 11) is 0. The minimum atomic E-state index is -0.0480. The summed E-state index contributed by atoms with van der Waals surface area (Å²) in [5.74, 6) is -0.0480. The van der Waals surface area contributed by atoms with Gasteiger partial charge in [-0.3, -0.25) is 4.79 Å². The fraction of sp³-hybridized carbons (Fsp3) is 0.278. The van der Waals surface area contributed by atoms with Crippen LogP contribution < -0.4 is 10.6 Å². The van der Waals surface area contributed by atoms with Crippen molar-refractivity contribution in [2.75, 3.05) is 17.2 Å². The summed E-state index contributed by atoms with van der Waals surface area (Å²) in [6.07, 6.45) is 2.15. The third kappa shape index (κ3) is 2.77. The second-order valence-electron chi connectivity index (χ2n) is 5.64. The molecule has 2 aromatic carbocycles. The standard InChI is InChI=1S/C18H20N2O/c1-12-8-9-16(13(2)11-12)20-18(21)15-7-3-5-14-6-4-10-19-17(14)15/h3,5,7-9,11,19H,4,6,10H2,1-2H3,(H,20,21). The molecule has 0 fully saturated rings. The van der Waals surface area contributed by atoms with E-state index in [0.29, 0.717) is 0 Å². The number of carbonyl (C=O) groups excluding carboxylic acids is 1. The Bertz CT molecular complexity index is 692. The average molecular weight is 280 g/mol. The summed E-state index contributed by atoms with van der Waals surface area (Å²) in [6, 6.07) is 12.0. The Morgan fingerprint density at radius 1 is 1.19 bits per heavy atom. The number of fused-ring (bicyclic) bond motifs is 1. The van der Waals surface area contributed by atoms with Crippen LogP contribution in [0.4, 0.5) is 11.4 Å². The number of rotatable bonds is 2. The number of benzene rings is 2. The van der Waals surface area contributed by atoms with Crippen molar-refractivity contribution < 1.29 is 4.79 Å². The molecular weight excluding hydrogens is 260 g/mol. The van der Waals surface area contributed by atoms with E-state index in [0.717, 1.165) is 41.9 Å². The molecule has 0 radical (unpaired) electrons. The molecule has 3 rings (SSSR count). The average Bonchev–Trinajstić information content (AvgIpc) is 2.49. The largest absolute Gasteiger partial charge is 0.384 e. The Morgan fingerprint density at radius 2 is 2.05 bits per heavy atom. The molecule has 0 saturated carbocycles. The Kier molecular flexibility index (Phi) is 3.65. The number of hydrogen-bond donors (Lipinski definition) is 2. The molecule has 0 aliphatic carbocycles. The highest BCUT2D eigenvalue weighted by Gasteiger charge is 2.17. The van der Waals surface area contributed by atoms with Crippen LogP contribution in [0.15, 0.2) is 36.4 Å². The van der Waals surface area contributed by atoms with Crippen LogP contribution in [0.1, 0.15) is 33.5 Å².